The van der Waals surface area contributed by atoms with Gasteiger partial charge in [-0.05, 0) is 48.8 Å². The van der Waals surface area contributed by atoms with Crippen molar-refractivity contribution in [2.24, 2.45) is 11.8 Å². The van der Waals surface area contributed by atoms with Crippen LogP contribution in [0, 0.1) is 11.8 Å². The lowest BCUT2D eigenvalue weighted by Gasteiger charge is -2.35. The van der Waals surface area contributed by atoms with Crippen molar-refractivity contribution in [3.05, 3.63) is 48.3 Å². The topological polar surface area (TPSA) is 50.5 Å². The molecule has 4 rings (SSSR count). The van der Waals surface area contributed by atoms with E-state index < -0.39 is 0 Å². The molecule has 4 atom stereocenters. The summed E-state index contributed by atoms with van der Waals surface area (Å²) in [7, 11) is 0. The first-order valence-corrected chi connectivity index (χ1v) is 9.85. The summed E-state index contributed by atoms with van der Waals surface area (Å²) in [6.07, 6.45) is 6.38. The molecule has 0 bridgehead atoms. The lowest BCUT2D eigenvalue weighted by atomic mass is 9.77. The molecular weight excluding hydrogens is 326 g/mol. The van der Waals surface area contributed by atoms with Gasteiger partial charge in [0.2, 0.25) is 0 Å². The highest BCUT2D eigenvalue weighted by Gasteiger charge is 2.42. The Morgan fingerprint density at radius 3 is 2.73 bits per heavy atom. The maximum absolute atomic E-state index is 10.6. The maximum atomic E-state index is 10.6. The zero-order valence-electron chi connectivity index (χ0n) is 15.5. The van der Waals surface area contributed by atoms with Gasteiger partial charge < -0.3 is 9.84 Å². The van der Waals surface area contributed by atoms with Crippen molar-refractivity contribution in [1.82, 2.24) is 14.7 Å². The Labute approximate surface area is 155 Å². The van der Waals surface area contributed by atoms with Crippen LogP contribution in [-0.2, 0) is 6.42 Å². The highest BCUT2D eigenvalue weighted by molar-refractivity contribution is 5.33. The Bertz CT molecular complexity index is 703. The predicted octanol–water partition coefficient (Wildman–Crippen LogP) is 2.77. The molecule has 2 aliphatic rings. The van der Waals surface area contributed by atoms with E-state index in [0.717, 1.165) is 51.3 Å². The van der Waals surface area contributed by atoms with E-state index in [1.54, 1.807) is 6.20 Å². The second-order valence-corrected chi connectivity index (χ2v) is 7.68. The minimum atomic E-state index is -0.288. The number of nitrogens with zero attached hydrogens (tertiary/aromatic N) is 3. The van der Waals surface area contributed by atoms with Gasteiger partial charge in [0.15, 0.2) is 0 Å². The van der Waals surface area contributed by atoms with Crippen molar-refractivity contribution >= 4 is 0 Å². The van der Waals surface area contributed by atoms with E-state index in [1.807, 2.05) is 23.0 Å². The van der Waals surface area contributed by atoms with Crippen LogP contribution in [0.3, 0.4) is 0 Å². The molecule has 1 aliphatic carbocycles. The number of likely N-dealkylation sites (tertiary alicyclic amines) is 1. The maximum Gasteiger partial charge on any atom is 0.122 e. The van der Waals surface area contributed by atoms with Crippen LogP contribution >= 0.6 is 0 Å². The fourth-order valence-corrected chi connectivity index (χ4v) is 4.67. The van der Waals surface area contributed by atoms with Gasteiger partial charge >= 0.3 is 0 Å². The van der Waals surface area contributed by atoms with E-state index in [2.05, 4.69) is 35.1 Å². The molecule has 0 radical (unpaired) electrons. The second kappa shape index (κ2) is 7.80. The SMILES string of the molecule is CCc1ccccc1OCCN1C[C@H]2C[C@@H](n3cccn3)[C@H](O)C[C@H]2C1. The first-order valence-electron chi connectivity index (χ1n) is 9.85. The van der Waals surface area contributed by atoms with Gasteiger partial charge in [0, 0.05) is 32.0 Å². The second-order valence-electron chi connectivity index (χ2n) is 7.68. The van der Waals surface area contributed by atoms with Crippen LogP contribution in [0.25, 0.3) is 0 Å². The molecule has 1 saturated carbocycles. The van der Waals surface area contributed by atoms with E-state index in [4.69, 9.17) is 4.74 Å². The quantitative estimate of drug-likeness (QED) is 0.866. The lowest BCUT2D eigenvalue weighted by molar-refractivity contribution is 0.0306. The largest absolute Gasteiger partial charge is 0.492 e. The minimum absolute atomic E-state index is 0.124. The van der Waals surface area contributed by atoms with Crippen molar-refractivity contribution in [1.29, 1.82) is 0 Å². The number of hydrogen-bond donors (Lipinski definition) is 1. The third-order valence-corrected chi connectivity index (χ3v) is 6.07. The molecular formula is C21H29N3O2. The van der Waals surface area contributed by atoms with Crippen molar-refractivity contribution in [3.8, 4) is 5.75 Å². The molecule has 26 heavy (non-hydrogen) atoms. The number of aliphatic hydroxyl groups excluding tert-OH is 1. The highest BCUT2D eigenvalue weighted by atomic mass is 16.5. The van der Waals surface area contributed by atoms with E-state index in [0.29, 0.717) is 11.8 Å². The highest BCUT2D eigenvalue weighted by Crippen LogP contribution is 2.40. The molecule has 0 spiro atoms. The molecule has 1 aliphatic heterocycles. The van der Waals surface area contributed by atoms with Crippen LogP contribution in [0.5, 0.6) is 5.75 Å². The first-order chi connectivity index (χ1) is 12.7. The number of rotatable bonds is 6. The molecule has 0 amide bonds. The molecule has 1 aromatic heterocycles. The molecule has 1 N–H and O–H groups in total. The van der Waals surface area contributed by atoms with E-state index in [-0.39, 0.29) is 12.1 Å². The molecule has 1 aromatic carbocycles. The van der Waals surface area contributed by atoms with Gasteiger partial charge in [-0.3, -0.25) is 9.58 Å². The fourth-order valence-electron chi connectivity index (χ4n) is 4.67. The zero-order chi connectivity index (χ0) is 17.9. The van der Waals surface area contributed by atoms with Gasteiger partial charge in [-0.25, -0.2) is 0 Å². The number of hydrogen-bond acceptors (Lipinski definition) is 4. The normalized spacial score (nSPS) is 28.8. The Morgan fingerprint density at radius 1 is 1.15 bits per heavy atom. The van der Waals surface area contributed by atoms with Crippen molar-refractivity contribution in [2.45, 2.75) is 38.3 Å². The summed E-state index contributed by atoms with van der Waals surface area (Å²) in [5.41, 5.74) is 1.27. The number of aromatic nitrogens is 2. The smallest absolute Gasteiger partial charge is 0.122 e. The lowest BCUT2D eigenvalue weighted by Crippen LogP contribution is -2.36. The summed E-state index contributed by atoms with van der Waals surface area (Å²) in [6, 6.07) is 10.4. The van der Waals surface area contributed by atoms with E-state index in [1.165, 1.54) is 5.56 Å². The molecule has 2 aromatic rings. The van der Waals surface area contributed by atoms with Gasteiger partial charge in [-0.15, -0.1) is 0 Å². The van der Waals surface area contributed by atoms with E-state index in [9.17, 15) is 5.11 Å². The minimum Gasteiger partial charge on any atom is -0.492 e. The summed E-state index contributed by atoms with van der Waals surface area (Å²) in [4.78, 5) is 2.50. The summed E-state index contributed by atoms with van der Waals surface area (Å²) in [6.45, 7) is 6.02. The molecule has 5 nitrogen and oxygen atoms in total. The first kappa shape index (κ1) is 17.6. The number of ether oxygens (including phenoxy) is 1. The number of aliphatic hydroxyl groups is 1. The molecule has 2 fully saturated rings. The molecule has 140 valence electrons. The summed E-state index contributed by atoms with van der Waals surface area (Å²) >= 11 is 0. The van der Waals surface area contributed by atoms with Gasteiger partial charge in [-0.1, -0.05) is 25.1 Å². The van der Waals surface area contributed by atoms with Crippen LogP contribution in [0.1, 0.15) is 31.4 Å². The van der Waals surface area contributed by atoms with Crippen LogP contribution < -0.4 is 4.74 Å². The van der Waals surface area contributed by atoms with Crippen LogP contribution in [0.4, 0.5) is 0 Å². The molecule has 2 heterocycles. The Kier molecular flexibility index (Phi) is 5.27. The fraction of sp³-hybridized carbons (Fsp3) is 0.571. The van der Waals surface area contributed by atoms with Crippen molar-refractivity contribution < 1.29 is 9.84 Å². The average molecular weight is 355 g/mol. The standard InChI is InChI=1S/C21H29N3O2/c1-2-16-6-3-4-7-21(16)26-11-10-23-14-17-12-19(24-9-5-8-22-24)20(25)13-18(17)15-23/h3-9,17-20,25H,2,10-15H2,1H3/t17-,18+,19-,20-/m1/s1. The molecule has 5 heteroatoms. The van der Waals surface area contributed by atoms with Crippen molar-refractivity contribution in [3.63, 3.8) is 0 Å². The summed E-state index contributed by atoms with van der Waals surface area (Å²) in [5, 5.41) is 14.9. The van der Waals surface area contributed by atoms with Gasteiger partial charge in [0.25, 0.3) is 0 Å². The third-order valence-electron chi connectivity index (χ3n) is 6.07. The zero-order valence-corrected chi connectivity index (χ0v) is 15.5. The van der Waals surface area contributed by atoms with Gasteiger partial charge in [-0.2, -0.15) is 5.10 Å². The summed E-state index contributed by atoms with van der Waals surface area (Å²) < 4.78 is 7.98. The van der Waals surface area contributed by atoms with Crippen LogP contribution in [0.15, 0.2) is 42.7 Å². The average Bonchev–Trinajstić information content (AvgIpc) is 3.30. The van der Waals surface area contributed by atoms with E-state index >= 15 is 0 Å². The Hall–Kier alpha value is -1.85. The molecule has 1 saturated heterocycles. The Morgan fingerprint density at radius 2 is 1.96 bits per heavy atom. The number of fused-ring (bicyclic) bond motifs is 1. The van der Waals surface area contributed by atoms with Gasteiger partial charge in [0.05, 0.1) is 12.1 Å². The van der Waals surface area contributed by atoms with Crippen LogP contribution in [0.2, 0.25) is 0 Å². The number of benzene rings is 1. The predicted molar refractivity (Wildman–Crippen MR) is 101 cm³/mol. The monoisotopic (exact) mass is 355 g/mol. The summed E-state index contributed by atoms with van der Waals surface area (Å²) in [5.74, 6) is 2.26. The number of para-hydroxylation sites is 1. The van der Waals surface area contributed by atoms with Gasteiger partial charge in [0.1, 0.15) is 12.4 Å². The number of aryl methyl sites for hydroxylation is 1. The molecule has 0 unspecified atom stereocenters. The van der Waals surface area contributed by atoms with Crippen molar-refractivity contribution in [2.75, 3.05) is 26.2 Å². The third kappa shape index (κ3) is 3.64. The van der Waals surface area contributed by atoms with Crippen LogP contribution in [-0.4, -0.2) is 52.1 Å². The Balaban J connectivity index is 1.30.